The van der Waals surface area contributed by atoms with E-state index in [2.05, 4.69) is 5.32 Å². The summed E-state index contributed by atoms with van der Waals surface area (Å²) in [6.45, 7) is 0. The molecule has 1 N–H and O–H groups in total. The zero-order chi connectivity index (χ0) is 13.9. The van der Waals surface area contributed by atoms with Gasteiger partial charge in [-0.15, -0.1) is 23.1 Å². The van der Waals surface area contributed by atoms with Crippen molar-refractivity contribution in [3.8, 4) is 0 Å². The summed E-state index contributed by atoms with van der Waals surface area (Å²) in [6, 6.07) is 9.96. The Morgan fingerprint density at radius 2 is 2.30 bits per heavy atom. The maximum absolute atomic E-state index is 12.1. The topological polar surface area (TPSA) is 29.1 Å². The van der Waals surface area contributed by atoms with Crippen LogP contribution in [0.1, 0.15) is 22.9 Å². The Morgan fingerprint density at radius 1 is 1.40 bits per heavy atom. The van der Waals surface area contributed by atoms with Crippen molar-refractivity contribution in [3.05, 3.63) is 51.2 Å². The first kappa shape index (κ1) is 14.0. The highest BCUT2D eigenvalue weighted by atomic mass is 35.5. The average molecular weight is 324 g/mol. The second-order valence-corrected chi connectivity index (χ2v) is 7.30. The van der Waals surface area contributed by atoms with E-state index in [0.29, 0.717) is 6.42 Å². The van der Waals surface area contributed by atoms with Crippen LogP contribution in [-0.2, 0) is 11.2 Å². The number of thiophene rings is 1. The van der Waals surface area contributed by atoms with E-state index in [1.807, 2.05) is 47.5 Å². The molecule has 0 spiro atoms. The van der Waals surface area contributed by atoms with Crippen molar-refractivity contribution in [3.63, 3.8) is 0 Å². The highest BCUT2D eigenvalue weighted by Gasteiger charge is 2.22. The number of halogens is 1. The van der Waals surface area contributed by atoms with Crippen molar-refractivity contribution < 1.29 is 4.79 Å². The fourth-order valence-corrected chi connectivity index (χ4v) is 4.32. The Balaban J connectivity index is 1.72. The molecule has 5 heteroatoms. The first-order chi connectivity index (χ1) is 9.72. The van der Waals surface area contributed by atoms with E-state index in [1.54, 1.807) is 11.3 Å². The highest BCUT2D eigenvalue weighted by molar-refractivity contribution is 7.99. The number of thioether (sulfide) groups is 1. The molecule has 0 unspecified atom stereocenters. The minimum absolute atomic E-state index is 0.0790. The fourth-order valence-electron chi connectivity index (χ4n) is 2.33. The maximum atomic E-state index is 12.1. The van der Waals surface area contributed by atoms with Gasteiger partial charge in [-0.3, -0.25) is 4.79 Å². The average Bonchev–Trinajstić information content (AvgIpc) is 2.92. The van der Waals surface area contributed by atoms with Gasteiger partial charge in [0.05, 0.1) is 12.5 Å². The fraction of sp³-hybridized carbons (Fsp3) is 0.267. The highest BCUT2D eigenvalue weighted by Crippen LogP contribution is 2.37. The molecule has 0 saturated carbocycles. The number of hydrogen-bond acceptors (Lipinski definition) is 3. The van der Waals surface area contributed by atoms with Gasteiger partial charge >= 0.3 is 0 Å². The van der Waals surface area contributed by atoms with Gasteiger partial charge in [-0.1, -0.05) is 17.7 Å². The molecule has 0 fully saturated rings. The lowest BCUT2D eigenvalue weighted by molar-refractivity contribution is -0.121. The Labute approximate surface area is 131 Å². The molecular formula is C15H14ClNOS2. The molecule has 0 saturated heterocycles. The molecule has 0 bridgehead atoms. The van der Waals surface area contributed by atoms with E-state index in [-0.39, 0.29) is 11.9 Å². The molecule has 0 radical (unpaired) electrons. The number of nitrogens with one attached hydrogen (secondary N) is 1. The zero-order valence-electron chi connectivity index (χ0n) is 10.8. The molecule has 2 aromatic rings. The number of benzene rings is 1. The molecule has 20 heavy (non-hydrogen) atoms. The molecule has 0 aliphatic carbocycles. The third-order valence-electron chi connectivity index (χ3n) is 3.26. The van der Waals surface area contributed by atoms with Gasteiger partial charge in [0.1, 0.15) is 0 Å². The summed E-state index contributed by atoms with van der Waals surface area (Å²) in [6.07, 6.45) is 1.41. The Morgan fingerprint density at radius 3 is 3.10 bits per heavy atom. The van der Waals surface area contributed by atoms with Crippen LogP contribution in [0.3, 0.4) is 0 Å². The van der Waals surface area contributed by atoms with Crippen molar-refractivity contribution in [1.29, 1.82) is 0 Å². The summed E-state index contributed by atoms with van der Waals surface area (Å²) in [7, 11) is 0. The van der Waals surface area contributed by atoms with Crippen molar-refractivity contribution in [2.24, 2.45) is 0 Å². The second kappa shape index (κ2) is 6.20. The van der Waals surface area contributed by atoms with Gasteiger partial charge < -0.3 is 5.32 Å². The van der Waals surface area contributed by atoms with Crippen molar-refractivity contribution >= 4 is 40.6 Å². The van der Waals surface area contributed by atoms with Gasteiger partial charge in [-0.05, 0) is 41.6 Å². The van der Waals surface area contributed by atoms with E-state index in [4.69, 9.17) is 11.6 Å². The quantitative estimate of drug-likeness (QED) is 0.912. The van der Waals surface area contributed by atoms with E-state index in [0.717, 1.165) is 27.6 Å². The van der Waals surface area contributed by atoms with Crippen LogP contribution in [0.2, 0.25) is 5.02 Å². The largest absolute Gasteiger partial charge is 0.349 e. The minimum atomic E-state index is 0.0790. The lowest BCUT2D eigenvalue weighted by Gasteiger charge is -2.26. The minimum Gasteiger partial charge on any atom is -0.349 e. The van der Waals surface area contributed by atoms with Crippen LogP contribution in [0.15, 0.2) is 40.6 Å². The number of rotatable bonds is 3. The summed E-state index contributed by atoms with van der Waals surface area (Å²) >= 11 is 9.51. The predicted octanol–water partition coefficient (Wildman–Crippen LogP) is 4.30. The van der Waals surface area contributed by atoms with Gasteiger partial charge in [-0.25, -0.2) is 0 Å². The van der Waals surface area contributed by atoms with Crippen LogP contribution in [0, 0.1) is 0 Å². The van der Waals surface area contributed by atoms with Gasteiger partial charge in [-0.2, -0.15) is 0 Å². The summed E-state index contributed by atoms with van der Waals surface area (Å²) < 4.78 is 0. The lowest BCUT2D eigenvalue weighted by atomic mass is 10.0. The third kappa shape index (κ3) is 3.19. The summed E-state index contributed by atoms with van der Waals surface area (Å²) in [5.74, 6) is 1.11. The molecular weight excluding hydrogens is 310 g/mol. The van der Waals surface area contributed by atoms with Gasteiger partial charge in [0.25, 0.3) is 0 Å². The van der Waals surface area contributed by atoms with E-state index in [9.17, 15) is 4.79 Å². The zero-order valence-corrected chi connectivity index (χ0v) is 13.2. The number of carbonyl (C=O) groups is 1. The van der Waals surface area contributed by atoms with Gasteiger partial charge in [0, 0.05) is 20.5 Å². The van der Waals surface area contributed by atoms with Crippen molar-refractivity contribution in [2.75, 3.05) is 5.75 Å². The lowest BCUT2D eigenvalue weighted by Crippen LogP contribution is -2.31. The maximum Gasteiger partial charge on any atom is 0.225 e. The van der Waals surface area contributed by atoms with Crippen LogP contribution < -0.4 is 5.32 Å². The SMILES string of the molecule is O=C(Cc1cccs1)N[C@@H]1CCSc2ccc(Cl)cc21. The third-order valence-corrected chi connectivity index (χ3v) is 5.50. The van der Waals surface area contributed by atoms with Crippen LogP contribution in [0.5, 0.6) is 0 Å². The van der Waals surface area contributed by atoms with Crippen LogP contribution in [-0.4, -0.2) is 11.7 Å². The first-order valence-corrected chi connectivity index (χ1v) is 8.71. The van der Waals surface area contributed by atoms with Gasteiger partial charge in [0.15, 0.2) is 0 Å². The first-order valence-electron chi connectivity index (χ1n) is 6.46. The molecule has 3 rings (SSSR count). The van der Waals surface area contributed by atoms with Crippen molar-refractivity contribution in [2.45, 2.75) is 23.8 Å². The molecule has 1 aliphatic heterocycles. The van der Waals surface area contributed by atoms with E-state index in [1.165, 1.54) is 4.90 Å². The molecule has 1 aromatic heterocycles. The number of hydrogen-bond donors (Lipinski definition) is 1. The normalized spacial score (nSPS) is 17.6. The summed E-state index contributed by atoms with van der Waals surface area (Å²) in [5.41, 5.74) is 1.15. The molecule has 1 atom stereocenters. The van der Waals surface area contributed by atoms with Crippen molar-refractivity contribution in [1.82, 2.24) is 5.32 Å². The summed E-state index contributed by atoms with van der Waals surface area (Å²) in [4.78, 5) is 14.4. The smallest absolute Gasteiger partial charge is 0.225 e. The van der Waals surface area contributed by atoms with E-state index < -0.39 is 0 Å². The Hall–Kier alpha value is -0.970. The number of amides is 1. The summed E-state index contributed by atoms with van der Waals surface area (Å²) in [5, 5.41) is 5.86. The molecule has 1 amide bonds. The molecule has 2 heterocycles. The monoisotopic (exact) mass is 323 g/mol. The van der Waals surface area contributed by atoms with Crippen LogP contribution in [0.4, 0.5) is 0 Å². The molecule has 2 nitrogen and oxygen atoms in total. The molecule has 104 valence electrons. The Bertz CT molecular complexity index is 612. The molecule has 1 aliphatic rings. The van der Waals surface area contributed by atoms with Gasteiger partial charge in [0.2, 0.25) is 5.91 Å². The molecule has 1 aromatic carbocycles. The predicted molar refractivity (Wildman–Crippen MR) is 85.7 cm³/mol. The number of fused-ring (bicyclic) bond motifs is 1. The van der Waals surface area contributed by atoms with Crippen LogP contribution >= 0.6 is 34.7 Å². The van der Waals surface area contributed by atoms with Crippen LogP contribution in [0.25, 0.3) is 0 Å². The Kier molecular flexibility index (Phi) is 4.34. The number of carbonyl (C=O) groups excluding carboxylic acids is 1. The standard InChI is InChI=1S/C15H14ClNOS2/c16-10-3-4-14-12(8-10)13(5-7-20-14)17-15(18)9-11-2-1-6-19-11/h1-4,6,8,13H,5,7,9H2,(H,17,18)/t13-/m1/s1. The van der Waals surface area contributed by atoms with E-state index >= 15 is 0 Å². The second-order valence-electron chi connectivity index (χ2n) is 4.70.